The largest absolute Gasteiger partial charge is 0.481 e. The first-order valence-electron chi connectivity index (χ1n) is 5.19. The summed E-state index contributed by atoms with van der Waals surface area (Å²) in [6, 6.07) is 3.66. The van der Waals surface area contributed by atoms with E-state index >= 15 is 0 Å². The molecule has 0 aliphatic heterocycles. The SMILES string of the molecule is Cc1ccc(F)c(C(=O)NC(C)CC(=O)O)c1. The number of nitrogens with one attached hydrogen (secondary N) is 1. The molecule has 0 bridgehead atoms. The van der Waals surface area contributed by atoms with E-state index in [0.29, 0.717) is 0 Å². The molecule has 17 heavy (non-hydrogen) atoms. The second-order valence-corrected chi connectivity index (χ2v) is 3.96. The number of carboxylic acids is 1. The van der Waals surface area contributed by atoms with Crippen LogP contribution in [0.5, 0.6) is 0 Å². The van der Waals surface area contributed by atoms with E-state index < -0.39 is 23.7 Å². The number of benzene rings is 1. The molecule has 0 radical (unpaired) electrons. The van der Waals surface area contributed by atoms with Gasteiger partial charge in [-0.3, -0.25) is 9.59 Å². The Morgan fingerprint density at radius 1 is 1.47 bits per heavy atom. The summed E-state index contributed by atoms with van der Waals surface area (Å²) in [5.74, 6) is -2.22. The van der Waals surface area contributed by atoms with Crippen molar-refractivity contribution in [2.75, 3.05) is 0 Å². The molecule has 5 heteroatoms. The number of carboxylic acid groups (broad SMARTS) is 1. The number of hydrogen-bond donors (Lipinski definition) is 2. The molecule has 92 valence electrons. The average molecular weight is 239 g/mol. The Bertz CT molecular complexity index is 445. The summed E-state index contributed by atoms with van der Waals surface area (Å²) in [7, 11) is 0. The molecule has 0 saturated heterocycles. The number of amides is 1. The van der Waals surface area contributed by atoms with Crippen molar-refractivity contribution in [3.63, 3.8) is 0 Å². The molecule has 0 aliphatic rings. The van der Waals surface area contributed by atoms with Crippen molar-refractivity contribution in [2.45, 2.75) is 26.3 Å². The molecule has 0 spiro atoms. The summed E-state index contributed by atoms with van der Waals surface area (Å²) in [4.78, 5) is 22.1. The maximum Gasteiger partial charge on any atom is 0.305 e. The van der Waals surface area contributed by atoms with Crippen LogP contribution in [-0.2, 0) is 4.79 Å². The third-order valence-electron chi connectivity index (χ3n) is 2.22. The number of carbonyl (C=O) groups excluding carboxylic acids is 1. The summed E-state index contributed by atoms with van der Waals surface area (Å²) in [5.41, 5.74) is 0.699. The average Bonchev–Trinajstić information content (AvgIpc) is 2.20. The van der Waals surface area contributed by atoms with E-state index in [0.717, 1.165) is 5.56 Å². The highest BCUT2D eigenvalue weighted by atomic mass is 19.1. The first-order chi connectivity index (χ1) is 7.90. The van der Waals surface area contributed by atoms with E-state index in [2.05, 4.69) is 5.32 Å². The standard InChI is InChI=1S/C12H14FNO3/c1-7-3-4-10(13)9(5-7)12(17)14-8(2)6-11(15)16/h3-5,8H,6H2,1-2H3,(H,14,17)(H,15,16). The molecule has 2 N–H and O–H groups in total. The van der Waals surface area contributed by atoms with Crippen molar-refractivity contribution in [3.8, 4) is 0 Å². The topological polar surface area (TPSA) is 66.4 Å². The summed E-state index contributed by atoms with van der Waals surface area (Å²) < 4.78 is 13.4. The summed E-state index contributed by atoms with van der Waals surface area (Å²) in [6.45, 7) is 3.30. The lowest BCUT2D eigenvalue weighted by Crippen LogP contribution is -2.34. The number of aryl methyl sites for hydroxylation is 1. The first-order valence-corrected chi connectivity index (χ1v) is 5.19. The molecule has 4 nitrogen and oxygen atoms in total. The highest BCUT2D eigenvalue weighted by molar-refractivity contribution is 5.95. The minimum atomic E-state index is -1.01. The number of carbonyl (C=O) groups is 2. The molecule has 1 unspecified atom stereocenters. The van der Waals surface area contributed by atoms with Crippen molar-refractivity contribution in [1.29, 1.82) is 0 Å². The Morgan fingerprint density at radius 3 is 2.71 bits per heavy atom. The lowest BCUT2D eigenvalue weighted by molar-refractivity contribution is -0.137. The Labute approximate surface area is 98.5 Å². The van der Waals surface area contributed by atoms with Gasteiger partial charge in [0.15, 0.2) is 0 Å². The predicted molar refractivity (Wildman–Crippen MR) is 60.3 cm³/mol. The number of halogens is 1. The Balaban J connectivity index is 2.76. The van der Waals surface area contributed by atoms with Gasteiger partial charge in [-0.15, -0.1) is 0 Å². The number of hydrogen-bond acceptors (Lipinski definition) is 2. The fourth-order valence-corrected chi connectivity index (χ4v) is 1.43. The van der Waals surface area contributed by atoms with Gasteiger partial charge in [-0.25, -0.2) is 4.39 Å². The summed E-state index contributed by atoms with van der Waals surface area (Å²) >= 11 is 0. The second kappa shape index (κ2) is 5.43. The van der Waals surface area contributed by atoms with E-state index in [1.807, 2.05) is 0 Å². The Hall–Kier alpha value is -1.91. The van der Waals surface area contributed by atoms with E-state index in [1.165, 1.54) is 12.1 Å². The van der Waals surface area contributed by atoms with Crippen LogP contribution in [0, 0.1) is 12.7 Å². The van der Waals surface area contributed by atoms with Gasteiger partial charge in [0.05, 0.1) is 12.0 Å². The molecule has 1 aromatic carbocycles. The fourth-order valence-electron chi connectivity index (χ4n) is 1.43. The van der Waals surface area contributed by atoms with Crippen LogP contribution in [0.2, 0.25) is 0 Å². The highest BCUT2D eigenvalue weighted by Gasteiger charge is 2.15. The van der Waals surface area contributed by atoms with Crippen molar-refractivity contribution >= 4 is 11.9 Å². The normalized spacial score (nSPS) is 11.9. The molecule has 0 saturated carbocycles. The van der Waals surface area contributed by atoms with E-state index in [9.17, 15) is 14.0 Å². The smallest absolute Gasteiger partial charge is 0.305 e. The van der Waals surface area contributed by atoms with Gasteiger partial charge in [0.1, 0.15) is 5.82 Å². The van der Waals surface area contributed by atoms with Crippen LogP contribution in [0.3, 0.4) is 0 Å². The molecular formula is C12H14FNO3. The fraction of sp³-hybridized carbons (Fsp3) is 0.333. The second-order valence-electron chi connectivity index (χ2n) is 3.96. The number of aliphatic carboxylic acids is 1. The maximum atomic E-state index is 13.4. The van der Waals surface area contributed by atoms with Gasteiger partial charge in [0, 0.05) is 6.04 Å². The van der Waals surface area contributed by atoms with Crippen LogP contribution >= 0.6 is 0 Å². The van der Waals surface area contributed by atoms with Gasteiger partial charge >= 0.3 is 5.97 Å². The maximum absolute atomic E-state index is 13.4. The lowest BCUT2D eigenvalue weighted by Gasteiger charge is -2.12. The van der Waals surface area contributed by atoms with Crippen LogP contribution in [0.4, 0.5) is 4.39 Å². The van der Waals surface area contributed by atoms with Crippen molar-refractivity contribution in [2.24, 2.45) is 0 Å². The van der Waals surface area contributed by atoms with Crippen molar-refractivity contribution in [3.05, 3.63) is 35.1 Å². The zero-order valence-electron chi connectivity index (χ0n) is 9.66. The summed E-state index contributed by atoms with van der Waals surface area (Å²) in [5, 5.41) is 11.0. The van der Waals surface area contributed by atoms with Gasteiger partial charge in [-0.2, -0.15) is 0 Å². The minimum Gasteiger partial charge on any atom is -0.481 e. The first kappa shape index (κ1) is 13.2. The van der Waals surface area contributed by atoms with Crippen LogP contribution in [0.1, 0.15) is 29.3 Å². The number of rotatable bonds is 4. The zero-order valence-corrected chi connectivity index (χ0v) is 9.66. The third kappa shape index (κ3) is 3.86. The van der Waals surface area contributed by atoms with Crippen molar-refractivity contribution < 1.29 is 19.1 Å². The zero-order chi connectivity index (χ0) is 13.0. The molecule has 1 amide bonds. The minimum absolute atomic E-state index is 0.0674. The Morgan fingerprint density at radius 2 is 2.12 bits per heavy atom. The monoisotopic (exact) mass is 239 g/mol. The van der Waals surface area contributed by atoms with E-state index in [-0.39, 0.29) is 12.0 Å². The van der Waals surface area contributed by atoms with E-state index in [1.54, 1.807) is 19.9 Å². The van der Waals surface area contributed by atoms with Gasteiger partial charge in [-0.05, 0) is 26.0 Å². The molecule has 1 aromatic rings. The van der Waals surface area contributed by atoms with Crippen LogP contribution < -0.4 is 5.32 Å². The van der Waals surface area contributed by atoms with Gasteiger partial charge in [-0.1, -0.05) is 11.6 Å². The quantitative estimate of drug-likeness (QED) is 0.840. The van der Waals surface area contributed by atoms with Gasteiger partial charge < -0.3 is 10.4 Å². The van der Waals surface area contributed by atoms with Gasteiger partial charge in [0.25, 0.3) is 5.91 Å². The van der Waals surface area contributed by atoms with Crippen molar-refractivity contribution in [1.82, 2.24) is 5.32 Å². The molecular weight excluding hydrogens is 225 g/mol. The molecule has 0 aromatic heterocycles. The third-order valence-corrected chi connectivity index (χ3v) is 2.22. The highest BCUT2D eigenvalue weighted by Crippen LogP contribution is 2.10. The molecule has 1 rings (SSSR count). The lowest BCUT2D eigenvalue weighted by atomic mass is 10.1. The summed E-state index contributed by atoms with van der Waals surface area (Å²) in [6.07, 6.45) is -0.195. The van der Waals surface area contributed by atoms with Crippen LogP contribution in [0.15, 0.2) is 18.2 Å². The molecule has 0 heterocycles. The molecule has 0 aliphatic carbocycles. The molecule has 0 fully saturated rings. The predicted octanol–water partition coefficient (Wildman–Crippen LogP) is 1.73. The molecule has 1 atom stereocenters. The Kier molecular flexibility index (Phi) is 4.20. The van der Waals surface area contributed by atoms with Gasteiger partial charge in [0.2, 0.25) is 0 Å². The van der Waals surface area contributed by atoms with Crippen LogP contribution in [-0.4, -0.2) is 23.0 Å². The van der Waals surface area contributed by atoms with Crippen LogP contribution in [0.25, 0.3) is 0 Å². The van der Waals surface area contributed by atoms with E-state index in [4.69, 9.17) is 5.11 Å².